The number of methoxy groups -OCH3 is 1. The van der Waals surface area contributed by atoms with Crippen molar-refractivity contribution in [2.24, 2.45) is 5.73 Å². The first kappa shape index (κ1) is 12.8. The van der Waals surface area contributed by atoms with E-state index in [1.165, 1.54) is 7.11 Å². The Labute approximate surface area is 107 Å². The summed E-state index contributed by atoms with van der Waals surface area (Å²) in [6, 6.07) is 1.68. The monoisotopic (exact) mass is 249 g/mol. The number of carbonyl (C=O) groups excluding carboxylic acids is 1. The maximum atomic E-state index is 12.3. The molecular weight excluding hydrogens is 230 g/mol. The lowest BCUT2D eigenvalue weighted by Gasteiger charge is -2.47. The van der Waals surface area contributed by atoms with Gasteiger partial charge < -0.3 is 15.4 Å². The van der Waals surface area contributed by atoms with Gasteiger partial charge in [-0.1, -0.05) is 13.3 Å². The van der Waals surface area contributed by atoms with Crippen molar-refractivity contribution in [2.75, 3.05) is 20.2 Å². The molecule has 5 heteroatoms. The van der Waals surface area contributed by atoms with Gasteiger partial charge in [0.2, 0.25) is 0 Å². The second kappa shape index (κ2) is 4.94. The van der Waals surface area contributed by atoms with Crippen LogP contribution in [0.15, 0.2) is 18.5 Å². The first-order valence-corrected chi connectivity index (χ1v) is 6.16. The predicted molar refractivity (Wildman–Crippen MR) is 68.5 cm³/mol. The maximum absolute atomic E-state index is 12.3. The lowest BCUT2D eigenvalue weighted by atomic mass is 9.86. The third-order valence-electron chi connectivity index (χ3n) is 3.28. The fourth-order valence-corrected chi connectivity index (χ4v) is 2.40. The van der Waals surface area contributed by atoms with Crippen LogP contribution >= 0.6 is 0 Å². The molecule has 0 unspecified atom stereocenters. The minimum Gasteiger partial charge on any atom is -0.494 e. The molecule has 98 valence electrons. The molecule has 1 saturated heterocycles. The van der Waals surface area contributed by atoms with Crippen LogP contribution in [-0.4, -0.2) is 41.5 Å². The first-order chi connectivity index (χ1) is 8.59. The number of pyridine rings is 1. The van der Waals surface area contributed by atoms with Crippen molar-refractivity contribution in [1.29, 1.82) is 0 Å². The summed E-state index contributed by atoms with van der Waals surface area (Å²) < 4.78 is 5.14. The molecule has 2 rings (SSSR count). The average molecular weight is 249 g/mol. The normalized spacial score (nSPS) is 17.2. The van der Waals surface area contributed by atoms with E-state index in [2.05, 4.69) is 11.9 Å². The summed E-state index contributed by atoms with van der Waals surface area (Å²) in [5, 5.41) is 0. The van der Waals surface area contributed by atoms with E-state index in [4.69, 9.17) is 10.5 Å². The van der Waals surface area contributed by atoms with Crippen molar-refractivity contribution in [1.82, 2.24) is 9.88 Å². The molecule has 0 aliphatic carbocycles. The fourth-order valence-electron chi connectivity index (χ4n) is 2.40. The number of ether oxygens (including phenoxy) is 1. The number of amides is 1. The highest BCUT2D eigenvalue weighted by Gasteiger charge is 2.41. The van der Waals surface area contributed by atoms with Gasteiger partial charge in [0, 0.05) is 19.3 Å². The van der Waals surface area contributed by atoms with Crippen LogP contribution in [0.2, 0.25) is 0 Å². The van der Waals surface area contributed by atoms with Crippen LogP contribution < -0.4 is 10.5 Å². The summed E-state index contributed by atoms with van der Waals surface area (Å²) in [7, 11) is 1.54. The molecule has 1 amide bonds. The van der Waals surface area contributed by atoms with E-state index in [1.807, 2.05) is 0 Å². The van der Waals surface area contributed by atoms with Crippen molar-refractivity contribution < 1.29 is 9.53 Å². The molecule has 2 heterocycles. The van der Waals surface area contributed by atoms with E-state index in [0.717, 1.165) is 12.8 Å². The highest BCUT2D eigenvalue weighted by atomic mass is 16.5. The molecule has 1 aliphatic rings. The Morgan fingerprint density at radius 3 is 2.94 bits per heavy atom. The van der Waals surface area contributed by atoms with Crippen LogP contribution in [0.3, 0.4) is 0 Å². The minimum absolute atomic E-state index is 0.0357. The first-order valence-electron chi connectivity index (χ1n) is 6.16. The number of rotatable bonds is 4. The minimum atomic E-state index is -0.204. The highest BCUT2D eigenvalue weighted by molar-refractivity contribution is 5.97. The lowest BCUT2D eigenvalue weighted by Crippen LogP contribution is -2.68. The van der Waals surface area contributed by atoms with E-state index in [0.29, 0.717) is 24.4 Å². The largest absolute Gasteiger partial charge is 0.494 e. The summed E-state index contributed by atoms with van der Waals surface area (Å²) in [4.78, 5) is 18.0. The van der Waals surface area contributed by atoms with Crippen LogP contribution in [0, 0.1) is 0 Å². The zero-order chi connectivity index (χ0) is 13.2. The predicted octanol–water partition coefficient (Wildman–Crippen LogP) is 1.04. The van der Waals surface area contributed by atoms with Crippen LogP contribution in [0.5, 0.6) is 5.75 Å². The third kappa shape index (κ3) is 2.31. The Kier molecular flexibility index (Phi) is 3.52. The molecular formula is C13H19N3O2. The molecule has 0 aromatic carbocycles. The van der Waals surface area contributed by atoms with Crippen LogP contribution in [-0.2, 0) is 0 Å². The molecule has 0 radical (unpaired) electrons. The zero-order valence-electron chi connectivity index (χ0n) is 10.8. The van der Waals surface area contributed by atoms with E-state index in [-0.39, 0.29) is 11.4 Å². The van der Waals surface area contributed by atoms with Crippen molar-refractivity contribution in [3.8, 4) is 5.75 Å². The number of hydrogen-bond donors (Lipinski definition) is 1. The maximum Gasteiger partial charge on any atom is 0.257 e. The van der Waals surface area contributed by atoms with Crippen LogP contribution in [0.1, 0.15) is 30.1 Å². The Balaban J connectivity index is 2.06. The quantitative estimate of drug-likeness (QED) is 0.865. The van der Waals surface area contributed by atoms with Gasteiger partial charge in [0.25, 0.3) is 5.91 Å². The molecule has 1 fully saturated rings. The van der Waals surface area contributed by atoms with Gasteiger partial charge in [0.05, 0.1) is 24.4 Å². The van der Waals surface area contributed by atoms with Gasteiger partial charge in [-0.2, -0.15) is 0 Å². The molecule has 1 aromatic rings. The molecule has 2 N–H and O–H groups in total. The van der Waals surface area contributed by atoms with Gasteiger partial charge in [-0.25, -0.2) is 0 Å². The van der Waals surface area contributed by atoms with E-state index >= 15 is 0 Å². The number of hydrogen-bond acceptors (Lipinski definition) is 4. The van der Waals surface area contributed by atoms with Gasteiger partial charge in [-0.3, -0.25) is 9.78 Å². The molecule has 1 aromatic heterocycles. The summed E-state index contributed by atoms with van der Waals surface area (Å²) in [6.07, 6.45) is 5.13. The number of aromatic nitrogens is 1. The molecule has 0 saturated carbocycles. The molecule has 5 nitrogen and oxygen atoms in total. The second-order valence-electron chi connectivity index (χ2n) is 4.85. The van der Waals surface area contributed by atoms with E-state index in [1.54, 1.807) is 23.4 Å². The summed E-state index contributed by atoms with van der Waals surface area (Å²) in [5.41, 5.74) is 6.50. The van der Waals surface area contributed by atoms with Gasteiger partial charge in [-0.15, -0.1) is 0 Å². The Hall–Kier alpha value is -1.62. The smallest absolute Gasteiger partial charge is 0.257 e. The van der Waals surface area contributed by atoms with E-state index < -0.39 is 0 Å². The summed E-state index contributed by atoms with van der Waals surface area (Å²) >= 11 is 0. The standard InChI is InChI=1S/C13H19N3O2/c1-3-5-13(14)8-16(9-13)12(17)10-4-6-15-7-11(10)18-2/h4,6-7H,3,5,8-9,14H2,1-2H3. The van der Waals surface area contributed by atoms with Crippen molar-refractivity contribution in [2.45, 2.75) is 25.3 Å². The third-order valence-corrected chi connectivity index (χ3v) is 3.28. The summed E-state index contributed by atoms with van der Waals surface area (Å²) in [5.74, 6) is 0.471. The molecule has 0 spiro atoms. The van der Waals surface area contributed by atoms with Crippen molar-refractivity contribution in [3.63, 3.8) is 0 Å². The SMILES string of the molecule is CCCC1(N)CN(C(=O)c2ccncc2OC)C1. The molecule has 18 heavy (non-hydrogen) atoms. The highest BCUT2D eigenvalue weighted by Crippen LogP contribution is 2.27. The topological polar surface area (TPSA) is 68.5 Å². The van der Waals surface area contributed by atoms with Crippen LogP contribution in [0.25, 0.3) is 0 Å². The van der Waals surface area contributed by atoms with Gasteiger partial charge in [0.1, 0.15) is 5.75 Å². The van der Waals surface area contributed by atoms with E-state index in [9.17, 15) is 4.79 Å². The summed E-state index contributed by atoms with van der Waals surface area (Å²) in [6.45, 7) is 3.33. The van der Waals surface area contributed by atoms with Crippen LogP contribution in [0.4, 0.5) is 0 Å². The number of nitrogens with two attached hydrogens (primary N) is 1. The Morgan fingerprint density at radius 2 is 2.33 bits per heavy atom. The number of nitrogens with zero attached hydrogens (tertiary/aromatic N) is 2. The van der Waals surface area contributed by atoms with Crippen molar-refractivity contribution in [3.05, 3.63) is 24.0 Å². The van der Waals surface area contributed by atoms with Gasteiger partial charge >= 0.3 is 0 Å². The fraction of sp³-hybridized carbons (Fsp3) is 0.538. The molecule has 1 aliphatic heterocycles. The lowest BCUT2D eigenvalue weighted by molar-refractivity contribution is 0.0383. The molecule has 0 bridgehead atoms. The molecule has 0 atom stereocenters. The van der Waals surface area contributed by atoms with Gasteiger partial charge in [0.15, 0.2) is 0 Å². The zero-order valence-corrected chi connectivity index (χ0v) is 10.8. The second-order valence-corrected chi connectivity index (χ2v) is 4.85. The van der Waals surface area contributed by atoms with Crippen molar-refractivity contribution >= 4 is 5.91 Å². The average Bonchev–Trinajstić information content (AvgIpc) is 2.35. The number of carbonyl (C=O) groups is 1. The van der Waals surface area contributed by atoms with Gasteiger partial charge in [-0.05, 0) is 12.5 Å². The number of likely N-dealkylation sites (tertiary alicyclic amines) is 1. The Morgan fingerprint density at radius 1 is 1.61 bits per heavy atom. The Bertz CT molecular complexity index is 442.